The molecule has 5 heteroatoms. The lowest BCUT2D eigenvalue weighted by Gasteiger charge is -2.17. The van der Waals surface area contributed by atoms with Crippen LogP contribution in [0.15, 0.2) is 10.5 Å². The van der Waals surface area contributed by atoms with Gasteiger partial charge in [0.15, 0.2) is 0 Å². The van der Waals surface area contributed by atoms with Gasteiger partial charge in [-0.25, -0.2) is 0 Å². The molecule has 0 aliphatic rings. The maximum atomic E-state index is 11.0. The number of carbonyl (C=O) groups is 1. The van der Waals surface area contributed by atoms with E-state index in [1.54, 1.807) is 6.92 Å². The van der Waals surface area contributed by atoms with E-state index in [0.29, 0.717) is 5.56 Å². The Hall–Kier alpha value is -1.07. The molecule has 0 aromatic heterocycles. The molecule has 1 aromatic rings. The smallest absolute Gasteiger partial charge is 0.312 e. The third-order valence-corrected chi connectivity index (χ3v) is 3.81. The van der Waals surface area contributed by atoms with Gasteiger partial charge in [-0.05, 0) is 31.0 Å². The van der Waals surface area contributed by atoms with Gasteiger partial charge in [-0.3, -0.25) is 4.79 Å². The van der Waals surface area contributed by atoms with Crippen LogP contribution in [0.2, 0.25) is 0 Å². The van der Waals surface area contributed by atoms with Crippen LogP contribution in [0.3, 0.4) is 0 Å². The predicted octanol–water partition coefficient (Wildman–Crippen LogP) is 1.90. The molecule has 0 saturated carbocycles. The van der Waals surface area contributed by atoms with Crippen LogP contribution in [0, 0.1) is 13.8 Å². The Balaban J connectivity index is 3.43. The number of carboxylic acids is 1. The molecule has 4 N–H and O–H groups in total. The Morgan fingerprint density at radius 2 is 2.12 bits per heavy atom. The Kier molecular flexibility index (Phi) is 3.93. The van der Waals surface area contributed by atoms with E-state index in [2.05, 4.69) is 15.9 Å². The number of carboxylic acid groups (broad SMARTS) is 1. The molecule has 0 saturated heterocycles. The predicted molar refractivity (Wildman–Crippen MR) is 64.7 cm³/mol. The minimum Gasteiger partial charge on any atom is -0.508 e. The average molecular weight is 288 g/mol. The van der Waals surface area contributed by atoms with Crippen molar-refractivity contribution in [3.05, 3.63) is 27.2 Å². The van der Waals surface area contributed by atoms with Crippen LogP contribution in [0.25, 0.3) is 0 Å². The minimum absolute atomic E-state index is 0.0175. The normalized spacial score (nSPS) is 12.5. The first-order valence-electron chi connectivity index (χ1n) is 4.81. The molecule has 0 fully saturated rings. The van der Waals surface area contributed by atoms with Gasteiger partial charge >= 0.3 is 5.97 Å². The fraction of sp³-hybridized carbons (Fsp3) is 0.364. The second-order valence-corrected chi connectivity index (χ2v) is 4.48. The molecule has 0 amide bonds. The van der Waals surface area contributed by atoms with Crippen LogP contribution in [0.5, 0.6) is 5.75 Å². The number of nitrogens with two attached hydrogens (primary N) is 1. The number of hydrogen-bond donors (Lipinski definition) is 3. The van der Waals surface area contributed by atoms with E-state index < -0.39 is 11.9 Å². The minimum atomic E-state index is -1.03. The van der Waals surface area contributed by atoms with Crippen molar-refractivity contribution in [2.75, 3.05) is 6.54 Å². The van der Waals surface area contributed by atoms with E-state index in [-0.39, 0.29) is 12.3 Å². The fourth-order valence-electron chi connectivity index (χ4n) is 1.73. The molecule has 1 rings (SSSR count). The maximum absolute atomic E-state index is 11.0. The Morgan fingerprint density at radius 3 is 2.56 bits per heavy atom. The standard InChI is InChI=1S/C11H14BrNO3/c1-5-3-8(14)9(6(2)10(5)12)7(4-13)11(15)16/h3,7,14H,4,13H2,1-2H3,(H,15,16). The number of phenols is 1. The van der Waals surface area contributed by atoms with Gasteiger partial charge in [0.2, 0.25) is 0 Å². The van der Waals surface area contributed by atoms with E-state index in [1.165, 1.54) is 6.07 Å². The van der Waals surface area contributed by atoms with Gasteiger partial charge in [-0.2, -0.15) is 0 Å². The summed E-state index contributed by atoms with van der Waals surface area (Å²) >= 11 is 3.37. The lowest BCUT2D eigenvalue weighted by atomic mass is 9.92. The molecule has 1 unspecified atom stereocenters. The van der Waals surface area contributed by atoms with Crippen LogP contribution in [0.4, 0.5) is 0 Å². The highest BCUT2D eigenvalue weighted by molar-refractivity contribution is 9.10. The van der Waals surface area contributed by atoms with E-state index in [0.717, 1.165) is 15.6 Å². The highest BCUT2D eigenvalue weighted by Gasteiger charge is 2.25. The van der Waals surface area contributed by atoms with Crippen LogP contribution in [-0.2, 0) is 4.79 Å². The van der Waals surface area contributed by atoms with Gasteiger partial charge in [0.25, 0.3) is 0 Å². The molecule has 0 aliphatic heterocycles. The fourth-order valence-corrected chi connectivity index (χ4v) is 2.06. The number of aryl methyl sites for hydroxylation is 1. The molecule has 88 valence electrons. The number of hydrogen-bond acceptors (Lipinski definition) is 3. The van der Waals surface area contributed by atoms with Crippen molar-refractivity contribution in [1.29, 1.82) is 0 Å². The van der Waals surface area contributed by atoms with Crippen molar-refractivity contribution < 1.29 is 15.0 Å². The number of rotatable bonds is 3. The van der Waals surface area contributed by atoms with Gasteiger partial charge in [-0.1, -0.05) is 15.9 Å². The van der Waals surface area contributed by atoms with Crippen molar-refractivity contribution >= 4 is 21.9 Å². The summed E-state index contributed by atoms with van der Waals surface area (Å²) in [4.78, 5) is 11.0. The van der Waals surface area contributed by atoms with Gasteiger partial charge in [0.05, 0.1) is 5.92 Å². The molecule has 0 aliphatic carbocycles. The highest BCUT2D eigenvalue weighted by Crippen LogP contribution is 2.35. The van der Waals surface area contributed by atoms with Crippen LogP contribution in [0.1, 0.15) is 22.6 Å². The number of aliphatic carboxylic acids is 1. The molecular formula is C11H14BrNO3. The molecule has 0 spiro atoms. The van der Waals surface area contributed by atoms with Crippen molar-refractivity contribution in [3.63, 3.8) is 0 Å². The van der Waals surface area contributed by atoms with Gasteiger partial charge in [-0.15, -0.1) is 0 Å². The number of halogens is 1. The Labute approximate surface area is 102 Å². The number of phenolic OH excluding ortho intramolecular Hbond substituents is 1. The second-order valence-electron chi connectivity index (χ2n) is 3.69. The molecule has 0 heterocycles. The zero-order valence-corrected chi connectivity index (χ0v) is 10.7. The Morgan fingerprint density at radius 1 is 1.56 bits per heavy atom. The van der Waals surface area contributed by atoms with Crippen molar-refractivity contribution in [2.45, 2.75) is 19.8 Å². The van der Waals surface area contributed by atoms with E-state index in [1.807, 2.05) is 6.92 Å². The van der Waals surface area contributed by atoms with Crippen molar-refractivity contribution in [3.8, 4) is 5.75 Å². The summed E-state index contributed by atoms with van der Waals surface area (Å²) in [5.74, 6) is -1.93. The number of aromatic hydroxyl groups is 1. The largest absolute Gasteiger partial charge is 0.508 e. The molecule has 0 bridgehead atoms. The zero-order chi connectivity index (χ0) is 12.5. The molecule has 16 heavy (non-hydrogen) atoms. The molecule has 4 nitrogen and oxygen atoms in total. The van der Waals surface area contributed by atoms with Gasteiger partial charge in [0.1, 0.15) is 5.75 Å². The molecular weight excluding hydrogens is 274 g/mol. The monoisotopic (exact) mass is 287 g/mol. The van der Waals surface area contributed by atoms with Gasteiger partial charge in [0, 0.05) is 16.6 Å². The second kappa shape index (κ2) is 4.84. The summed E-state index contributed by atoms with van der Waals surface area (Å²) in [5, 5.41) is 18.8. The summed E-state index contributed by atoms with van der Waals surface area (Å²) < 4.78 is 0.806. The summed E-state index contributed by atoms with van der Waals surface area (Å²) in [6.07, 6.45) is 0. The van der Waals surface area contributed by atoms with E-state index >= 15 is 0 Å². The lowest BCUT2D eigenvalue weighted by Crippen LogP contribution is -2.22. The quantitative estimate of drug-likeness (QED) is 0.793. The van der Waals surface area contributed by atoms with Crippen LogP contribution >= 0.6 is 15.9 Å². The van der Waals surface area contributed by atoms with Crippen LogP contribution in [-0.4, -0.2) is 22.7 Å². The summed E-state index contributed by atoms with van der Waals surface area (Å²) in [6, 6.07) is 1.54. The maximum Gasteiger partial charge on any atom is 0.312 e. The highest BCUT2D eigenvalue weighted by atomic mass is 79.9. The third kappa shape index (κ3) is 2.20. The summed E-state index contributed by atoms with van der Waals surface area (Å²) in [6.45, 7) is 3.55. The third-order valence-electron chi connectivity index (χ3n) is 2.59. The summed E-state index contributed by atoms with van der Waals surface area (Å²) in [7, 11) is 0. The molecule has 0 radical (unpaired) electrons. The van der Waals surface area contributed by atoms with E-state index in [4.69, 9.17) is 10.8 Å². The molecule has 1 atom stereocenters. The van der Waals surface area contributed by atoms with Crippen molar-refractivity contribution in [1.82, 2.24) is 0 Å². The first-order chi connectivity index (χ1) is 7.40. The lowest BCUT2D eigenvalue weighted by molar-refractivity contribution is -0.138. The Bertz CT molecular complexity index is 432. The first kappa shape index (κ1) is 13.0. The van der Waals surface area contributed by atoms with Crippen LogP contribution < -0.4 is 5.73 Å². The summed E-state index contributed by atoms with van der Waals surface area (Å²) in [5.41, 5.74) is 7.39. The average Bonchev–Trinajstić information content (AvgIpc) is 2.20. The first-order valence-corrected chi connectivity index (χ1v) is 5.60. The molecule has 1 aromatic carbocycles. The van der Waals surface area contributed by atoms with Gasteiger partial charge < -0.3 is 15.9 Å². The van der Waals surface area contributed by atoms with E-state index in [9.17, 15) is 9.90 Å². The number of benzene rings is 1. The van der Waals surface area contributed by atoms with Crippen molar-refractivity contribution in [2.24, 2.45) is 5.73 Å². The SMILES string of the molecule is Cc1cc(O)c(C(CN)C(=O)O)c(C)c1Br. The topological polar surface area (TPSA) is 83.5 Å². The zero-order valence-electron chi connectivity index (χ0n) is 9.12.